The molecule has 4 rings (SSSR count). The molecule has 2 heterocycles. The number of likely N-dealkylation sites (tertiary alicyclic amines) is 2. The summed E-state index contributed by atoms with van der Waals surface area (Å²) in [6, 6.07) is 15.4. The largest absolute Gasteiger partial charge is 0.416 e. The van der Waals surface area contributed by atoms with E-state index in [1.807, 2.05) is 23.1 Å². The molecule has 2 aliphatic heterocycles. The van der Waals surface area contributed by atoms with Crippen LogP contribution >= 0.6 is 0 Å². The smallest absolute Gasteiger partial charge is 0.338 e. The molecule has 0 bridgehead atoms. The highest BCUT2D eigenvalue weighted by atomic mass is 19.4. The number of alkyl halides is 3. The van der Waals surface area contributed by atoms with Gasteiger partial charge in [-0.05, 0) is 55.1 Å². The van der Waals surface area contributed by atoms with E-state index in [4.69, 9.17) is 11.5 Å². The Morgan fingerprint density at radius 3 is 2.11 bits per heavy atom. The van der Waals surface area contributed by atoms with E-state index in [9.17, 15) is 22.8 Å². The van der Waals surface area contributed by atoms with E-state index in [0.29, 0.717) is 44.0 Å². The van der Waals surface area contributed by atoms with Gasteiger partial charge in [0.1, 0.15) is 0 Å². The highest BCUT2D eigenvalue weighted by Crippen LogP contribution is 2.30. The Kier molecular flexibility index (Phi) is 8.91. The fourth-order valence-corrected chi connectivity index (χ4v) is 4.48. The lowest BCUT2D eigenvalue weighted by molar-refractivity contribution is -0.137. The van der Waals surface area contributed by atoms with Gasteiger partial charge in [0.2, 0.25) is 11.8 Å². The zero-order valence-corrected chi connectivity index (χ0v) is 19.9. The zero-order chi connectivity index (χ0) is 25.6. The first-order chi connectivity index (χ1) is 16.6. The van der Waals surface area contributed by atoms with E-state index in [1.165, 1.54) is 11.6 Å². The molecule has 9 heteroatoms. The van der Waals surface area contributed by atoms with Gasteiger partial charge in [-0.3, -0.25) is 9.59 Å². The van der Waals surface area contributed by atoms with Crippen molar-refractivity contribution < 1.29 is 22.8 Å². The van der Waals surface area contributed by atoms with Crippen LogP contribution in [0.2, 0.25) is 0 Å². The standard InChI is InChI=1S/C13H15F3N2O.C13H18N2O/c14-13(15,16)11-3-1-2-9(4-11)7-18-8-10(6-17)5-12(18)19;1-10(12-5-3-2-4-6-12)15-9-11(8-14)7-13(15)16/h1-4,10H,5-8,17H2;2-6,10-11H,7-9,14H2,1H3. The van der Waals surface area contributed by atoms with Crippen LogP contribution in [-0.2, 0) is 22.3 Å². The zero-order valence-electron chi connectivity index (χ0n) is 19.9. The van der Waals surface area contributed by atoms with E-state index >= 15 is 0 Å². The Hall–Kier alpha value is -2.91. The van der Waals surface area contributed by atoms with Crippen molar-refractivity contribution in [3.05, 3.63) is 71.3 Å². The molecule has 35 heavy (non-hydrogen) atoms. The summed E-state index contributed by atoms with van der Waals surface area (Å²) in [4.78, 5) is 27.0. The van der Waals surface area contributed by atoms with Crippen molar-refractivity contribution in [2.45, 2.75) is 38.5 Å². The number of carbonyl (C=O) groups excluding carboxylic acids is 2. The van der Waals surface area contributed by atoms with Crippen molar-refractivity contribution >= 4 is 11.8 Å². The first-order valence-corrected chi connectivity index (χ1v) is 11.8. The Morgan fingerprint density at radius 1 is 0.914 bits per heavy atom. The first-order valence-electron chi connectivity index (χ1n) is 11.8. The lowest BCUT2D eigenvalue weighted by Crippen LogP contribution is -2.29. The lowest BCUT2D eigenvalue weighted by atomic mass is 10.1. The van der Waals surface area contributed by atoms with E-state index in [2.05, 4.69) is 19.1 Å². The van der Waals surface area contributed by atoms with Crippen molar-refractivity contribution in [2.75, 3.05) is 26.2 Å². The number of hydrogen-bond donors (Lipinski definition) is 2. The number of carbonyl (C=O) groups is 2. The summed E-state index contributed by atoms with van der Waals surface area (Å²) in [5.74, 6) is 0.622. The fraction of sp³-hybridized carbons (Fsp3) is 0.462. The van der Waals surface area contributed by atoms with Gasteiger partial charge >= 0.3 is 6.18 Å². The molecule has 2 aliphatic rings. The molecular formula is C26H33F3N4O2. The van der Waals surface area contributed by atoms with Crippen LogP contribution in [0.25, 0.3) is 0 Å². The molecule has 2 saturated heterocycles. The van der Waals surface area contributed by atoms with Gasteiger partial charge in [-0.1, -0.05) is 42.5 Å². The molecule has 2 aromatic carbocycles. The molecule has 3 atom stereocenters. The number of nitrogens with two attached hydrogens (primary N) is 2. The predicted octanol–water partition coefficient (Wildman–Crippen LogP) is 3.57. The van der Waals surface area contributed by atoms with Gasteiger partial charge in [-0.2, -0.15) is 13.2 Å². The van der Waals surface area contributed by atoms with Gasteiger partial charge in [-0.15, -0.1) is 0 Å². The van der Waals surface area contributed by atoms with Crippen LogP contribution in [-0.4, -0.2) is 47.8 Å². The van der Waals surface area contributed by atoms with Crippen molar-refractivity contribution in [3.63, 3.8) is 0 Å². The van der Waals surface area contributed by atoms with Crippen LogP contribution in [0, 0.1) is 11.8 Å². The van der Waals surface area contributed by atoms with Crippen LogP contribution in [0.5, 0.6) is 0 Å². The minimum absolute atomic E-state index is 0.0483. The van der Waals surface area contributed by atoms with Crippen molar-refractivity contribution in [2.24, 2.45) is 23.3 Å². The molecule has 2 amide bonds. The summed E-state index contributed by atoms with van der Waals surface area (Å²) in [5, 5.41) is 0. The maximum absolute atomic E-state index is 12.6. The van der Waals surface area contributed by atoms with Crippen molar-refractivity contribution in [1.82, 2.24) is 9.80 Å². The van der Waals surface area contributed by atoms with Crippen molar-refractivity contribution in [1.29, 1.82) is 0 Å². The number of rotatable bonds is 6. The summed E-state index contributed by atoms with van der Waals surface area (Å²) in [6.45, 7) is 4.62. The van der Waals surface area contributed by atoms with Crippen LogP contribution < -0.4 is 11.5 Å². The molecule has 3 unspecified atom stereocenters. The number of amides is 2. The van der Waals surface area contributed by atoms with Gasteiger partial charge in [0.25, 0.3) is 0 Å². The molecule has 0 saturated carbocycles. The fourth-order valence-electron chi connectivity index (χ4n) is 4.48. The second-order valence-corrected chi connectivity index (χ2v) is 9.22. The van der Waals surface area contributed by atoms with Crippen LogP contribution in [0.3, 0.4) is 0 Å². The Balaban J connectivity index is 0.000000198. The lowest BCUT2D eigenvalue weighted by Gasteiger charge is -2.25. The van der Waals surface area contributed by atoms with Crippen LogP contribution in [0.4, 0.5) is 13.2 Å². The highest BCUT2D eigenvalue weighted by Gasteiger charge is 2.33. The highest BCUT2D eigenvalue weighted by molar-refractivity contribution is 5.79. The van der Waals surface area contributed by atoms with Gasteiger partial charge in [-0.25, -0.2) is 0 Å². The number of nitrogens with zero attached hydrogens (tertiary/aromatic N) is 2. The third-order valence-electron chi connectivity index (χ3n) is 6.58. The molecule has 0 spiro atoms. The minimum atomic E-state index is -4.36. The third kappa shape index (κ3) is 7.05. The van der Waals surface area contributed by atoms with Gasteiger partial charge in [0.15, 0.2) is 0 Å². The quantitative estimate of drug-likeness (QED) is 0.648. The van der Waals surface area contributed by atoms with Gasteiger partial charge in [0.05, 0.1) is 11.6 Å². The topological polar surface area (TPSA) is 92.7 Å². The summed E-state index contributed by atoms with van der Waals surface area (Å²) >= 11 is 0. The number of halogens is 3. The predicted molar refractivity (Wildman–Crippen MR) is 128 cm³/mol. The summed E-state index contributed by atoms with van der Waals surface area (Å²) in [5.41, 5.74) is 12.1. The molecule has 0 radical (unpaired) electrons. The van der Waals surface area contributed by atoms with Crippen LogP contribution in [0.1, 0.15) is 42.5 Å². The van der Waals surface area contributed by atoms with E-state index in [0.717, 1.165) is 18.7 Å². The second kappa shape index (κ2) is 11.7. The molecule has 0 aromatic heterocycles. The Bertz CT molecular complexity index is 1000. The maximum Gasteiger partial charge on any atom is 0.416 e. The summed E-state index contributed by atoms with van der Waals surface area (Å²) in [6.07, 6.45) is -3.37. The van der Waals surface area contributed by atoms with Crippen LogP contribution in [0.15, 0.2) is 54.6 Å². The van der Waals surface area contributed by atoms with E-state index in [-0.39, 0.29) is 30.3 Å². The molecule has 2 fully saturated rings. The number of benzene rings is 2. The third-order valence-corrected chi connectivity index (χ3v) is 6.58. The Labute approximate surface area is 204 Å². The van der Waals surface area contributed by atoms with Crippen molar-refractivity contribution in [3.8, 4) is 0 Å². The van der Waals surface area contributed by atoms with E-state index < -0.39 is 11.7 Å². The van der Waals surface area contributed by atoms with E-state index in [1.54, 1.807) is 11.0 Å². The molecular weight excluding hydrogens is 457 g/mol. The first kappa shape index (κ1) is 26.7. The minimum Gasteiger partial charge on any atom is -0.338 e. The average molecular weight is 491 g/mol. The van der Waals surface area contributed by atoms with Gasteiger partial charge < -0.3 is 21.3 Å². The molecule has 4 N–H and O–H groups in total. The molecule has 2 aromatic rings. The summed E-state index contributed by atoms with van der Waals surface area (Å²) < 4.78 is 37.7. The monoisotopic (exact) mass is 490 g/mol. The second-order valence-electron chi connectivity index (χ2n) is 9.22. The number of hydrogen-bond acceptors (Lipinski definition) is 4. The molecule has 0 aliphatic carbocycles. The average Bonchev–Trinajstić information content (AvgIpc) is 3.40. The molecule has 6 nitrogen and oxygen atoms in total. The Morgan fingerprint density at radius 2 is 1.54 bits per heavy atom. The maximum atomic E-state index is 12.6. The SMILES string of the molecule is CC(c1ccccc1)N1CC(CN)CC1=O.NCC1CC(=O)N(Cc2cccc(C(F)(F)F)c2)C1. The van der Waals surface area contributed by atoms with Gasteiger partial charge in [0, 0.05) is 32.5 Å². The normalized spacial score (nSPS) is 21.2. The summed E-state index contributed by atoms with van der Waals surface area (Å²) in [7, 11) is 0. The molecule has 190 valence electrons.